The third kappa shape index (κ3) is 3.53. The van der Waals surface area contributed by atoms with E-state index in [1.54, 1.807) is 7.11 Å². The molecule has 0 fully saturated rings. The molecule has 1 aromatic carbocycles. The van der Waals surface area contributed by atoms with Gasteiger partial charge >= 0.3 is 0 Å². The highest BCUT2D eigenvalue weighted by Gasteiger charge is 1.98. The van der Waals surface area contributed by atoms with Gasteiger partial charge in [0.15, 0.2) is 0 Å². The Morgan fingerprint density at radius 2 is 1.88 bits per heavy atom. The Balaban J connectivity index is 1.90. The number of pyridine rings is 1. The second-order valence-electron chi connectivity index (χ2n) is 4.30. The Morgan fingerprint density at radius 3 is 2.76 bits per heavy atom. The number of nitrogens with zero attached hydrogens (tertiary/aromatic N) is 1. The van der Waals surface area contributed by atoms with Gasteiger partial charge in [-0.2, -0.15) is 0 Å². The molecule has 90 valence electrons. The molecule has 0 bridgehead atoms. The van der Waals surface area contributed by atoms with Crippen molar-refractivity contribution in [2.75, 3.05) is 13.7 Å². The lowest BCUT2D eigenvalue weighted by Crippen LogP contribution is -1.93. The minimum atomic E-state index is 0.866. The van der Waals surface area contributed by atoms with Crippen LogP contribution in [0.25, 0.3) is 10.9 Å². The average molecular weight is 229 g/mol. The molecule has 2 rings (SSSR count). The molecule has 0 N–H and O–H groups in total. The molecule has 1 aromatic heterocycles. The lowest BCUT2D eigenvalue weighted by Gasteiger charge is -2.03. The summed E-state index contributed by atoms with van der Waals surface area (Å²) in [5.41, 5.74) is 2.29. The van der Waals surface area contributed by atoms with E-state index in [2.05, 4.69) is 35.3 Å². The van der Waals surface area contributed by atoms with E-state index in [1.165, 1.54) is 23.9 Å². The molecule has 2 aromatic rings. The molecule has 0 atom stereocenters. The van der Waals surface area contributed by atoms with Crippen LogP contribution in [-0.2, 0) is 11.2 Å². The summed E-state index contributed by atoms with van der Waals surface area (Å²) in [5, 5.41) is 1.22. The summed E-state index contributed by atoms with van der Waals surface area (Å²) < 4.78 is 5.04. The minimum Gasteiger partial charge on any atom is -0.385 e. The maximum absolute atomic E-state index is 5.04. The van der Waals surface area contributed by atoms with E-state index < -0.39 is 0 Å². The SMILES string of the molecule is COCCCCCc1ccc2ccccc2n1. The minimum absolute atomic E-state index is 0.866. The number of hydrogen-bond donors (Lipinski definition) is 0. The number of aryl methyl sites for hydroxylation is 1. The largest absolute Gasteiger partial charge is 0.385 e. The first-order chi connectivity index (χ1) is 8.40. The monoisotopic (exact) mass is 229 g/mol. The molecule has 0 spiro atoms. The van der Waals surface area contributed by atoms with Gasteiger partial charge in [-0.3, -0.25) is 4.98 Å². The van der Waals surface area contributed by atoms with Gasteiger partial charge in [-0.1, -0.05) is 30.7 Å². The zero-order valence-corrected chi connectivity index (χ0v) is 10.4. The quantitative estimate of drug-likeness (QED) is 0.706. The molecule has 0 aliphatic rings. The van der Waals surface area contributed by atoms with Gasteiger partial charge in [-0.05, 0) is 31.4 Å². The fourth-order valence-corrected chi connectivity index (χ4v) is 1.98. The predicted molar refractivity (Wildman–Crippen MR) is 71.2 cm³/mol. The Hall–Kier alpha value is -1.41. The van der Waals surface area contributed by atoms with Gasteiger partial charge in [0.1, 0.15) is 0 Å². The number of para-hydroxylation sites is 1. The van der Waals surface area contributed by atoms with Crippen LogP contribution in [0.5, 0.6) is 0 Å². The van der Waals surface area contributed by atoms with Crippen LogP contribution < -0.4 is 0 Å². The maximum Gasteiger partial charge on any atom is 0.0705 e. The summed E-state index contributed by atoms with van der Waals surface area (Å²) in [6.45, 7) is 0.866. The van der Waals surface area contributed by atoms with E-state index >= 15 is 0 Å². The normalized spacial score (nSPS) is 10.9. The third-order valence-electron chi connectivity index (χ3n) is 2.94. The number of methoxy groups -OCH3 is 1. The molecule has 1 heterocycles. The fraction of sp³-hybridized carbons (Fsp3) is 0.400. The van der Waals surface area contributed by atoms with Crippen LogP contribution in [0.15, 0.2) is 36.4 Å². The van der Waals surface area contributed by atoms with Crippen LogP contribution in [-0.4, -0.2) is 18.7 Å². The molecule has 2 nitrogen and oxygen atoms in total. The van der Waals surface area contributed by atoms with Crippen LogP contribution in [0, 0.1) is 0 Å². The van der Waals surface area contributed by atoms with Gasteiger partial charge in [0.2, 0.25) is 0 Å². The highest BCUT2D eigenvalue weighted by Crippen LogP contribution is 2.13. The predicted octanol–water partition coefficient (Wildman–Crippen LogP) is 3.59. The molecule has 0 amide bonds. The average Bonchev–Trinajstić information content (AvgIpc) is 2.38. The molecular formula is C15H19NO. The first-order valence-corrected chi connectivity index (χ1v) is 6.24. The van der Waals surface area contributed by atoms with Crippen molar-refractivity contribution in [2.45, 2.75) is 25.7 Å². The van der Waals surface area contributed by atoms with E-state index in [4.69, 9.17) is 4.74 Å². The Kier molecular flexibility index (Phi) is 4.51. The van der Waals surface area contributed by atoms with E-state index in [9.17, 15) is 0 Å². The third-order valence-corrected chi connectivity index (χ3v) is 2.94. The van der Waals surface area contributed by atoms with Crippen molar-refractivity contribution >= 4 is 10.9 Å². The summed E-state index contributed by atoms with van der Waals surface area (Å²) >= 11 is 0. The van der Waals surface area contributed by atoms with Crippen molar-refractivity contribution in [2.24, 2.45) is 0 Å². The standard InChI is InChI=1S/C15H19NO/c1-17-12-6-2-3-8-14-11-10-13-7-4-5-9-15(13)16-14/h4-5,7,9-11H,2-3,6,8,12H2,1H3. The van der Waals surface area contributed by atoms with Crippen LogP contribution in [0.3, 0.4) is 0 Å². The van der Waals surface area contributed by atoms with Gasteiger partial charge in [-0.25, -0.2) is 0 Å². The number of benzene rings is 1. The first-order valence-electron chi connectivity index (χ1n) is 6.24. The van der Waals surface area contributed by atoms with Crippen molar-refractivity contribution in [3.63, 3.8) is 0 Å². The highest BCUT2D eigenvalue weighted by atomic mass is 16.5. The second-order valence-corrected chi connectivity index (χ2v) is 4.30. The zero-order valence-electron chi connectivity index (χ0n) is 10.4. The molecule has 0 saturated heterocycles. The maximum atomic E-state index is 5.04. The molecule has 0 unspecified atom stereocenters. The van der Waals surface area contributed by atoms with E-state index in [0.29, 0.717) is 0 Å². The van der Waals surface area contributed by atoms with E-state index in [-0.39, 0.29) is 0 Å². The fourth-order valence-electron chi connectivity index (χ4n) is 1.98. The summed E-state index contributed by atoms with van der Waals surface area (Å²) in [4.78, 5) is 4.66. The van der Waals surface area contributed by atoms with Gasteiger partial charge in [0.05, 0.1) is 5.52 Å². The van der Waals surface area contributed by atoms with Crippen LogP contribution in [0.4, 0.5) is 0 Å². The smallest absolute Gasteiger partial charge is 0.0705 e. The van der Waals surface area contributed by atoms with Crippen molar-refractivity contribution in [1.82, 2.24) is 4.98 Å². The Morgan fingerprint density at radius 1 is 1.00 bits per heavy atom. The van der Waals surface area contributed by atoms with Gasteiger partial charge in [0.25, 0.3) is 0 Å². The summed E-state index contributed by atoms with van der Waals surface area (Å²) in [6, 6.07) is 12.6. The van der Waals surface area contributed by atoms with Crippen LogP contribution in [0.1, 0.15) is 25.0 Å². The summed E-state index contributed by atoms with van der Waals surface area (Å²) in [6.07, 6.45) is 4.61. The van der Waals surface area contributed by atoms with E-state index in [0.717, 1.165) is 25.0 Å². The molecule has 17 heavy (non-hydrogen) atoms. The van der Waals surface area contributed by atoms with Gasteiger partial charge in [0, 0.05) is 24.8 Å². The zero-order chi connectivity index (χ0) is 11.9. The Labute approximate surface area is 103 Å². The number of fused-ring (bicyclic) bond motifs is 1. The number of rotatable bonds is 6. The lowest BCUT2D eigenvalue weighted by atomic mass is 10.1. The topological polar surface area (TPSA) is 22.1 Å². The highest BCUT2D eigenvalue weighted by molar-refractivity contribution is 5.78. The van der Waals surface area contributed by atoms with Crippen molar-refractivity contribution < 1.29 is 4.74 Å². The number of hydrogen-bond acceptors (Lipinski definition) is 2. The van der Waals surface area contributed by atoms with E-state index in [1.807, 2.05) is 6.07 Å². The number of ether oxygens (including phenoxy) is 1. The summed E-state index contributed by atoms with van der Waals surface area (Å²) in [7, 11) is 1.75. The first kappa shape index (κ1) is 12.1. The summed E-state index contributed by atoms with van der Waals surface area (Å²) in [5.74, 6) is 0. The van der Waals surface area contributed by atoms with Crippen molar-refractivity contribution in [3.05, 3.63) is 42.1 Å². The molecule has 2 heteroatoms. The van der Waals surface area contributed by atoms with Crippen LogP contribution >= 0.6 is 0 Å². The van der Waals surface area contributed by atoms with Gasteiger partial charge < -0.3 is 4.74 Å². The molecule has 0 radical (unpaired) electrons. The Bertz CT molecular complexity index is 467. The molecule has 0 aliphatic heterocycles. The number of aromatic nitrogens is 1. The number of unbranched alkanes of at least 4 members (excludes halogenated alkanes) is 2. The van der Waals surface area contributed by atoms with Gasteiger partial charge in [-0.15, -0.1) is 0 Å². The molecule has 0 aliphatic carbocycles. The molecular weight excluding hydrogens is 210 g/mol. The second kappa shape index (κ2) is 6.36. The van der Waals surface area contributed by atoms with Crippen molar-refractivity contribution in [3.8, 4) is 0 Å². The van der Waals surface area contributed by atoms with Crippen LogP contribution in [0.2, 0.25) is 0 Å². The lowest BCUT2D eigenvalue weighted by molar-refractivity contribution is 0.192. The molecule has 0 saturated carbocycles. The van der Waals surface area contributed by atoms with Crippen molar-refractivity contribution in [1.29, 1.82) is 0 Å².